The lowest BCUT2D eigenvalue weighted by Crippen LogP contribution is -2.45. The first-order valence-corrected chi connectivity index (χ1v) is 6.87. The van der Waals surface area contributed by atoms with Crippen molar-refractivity contribution in [1.82, 2.24) is 20.4 Å². The summed E-state index contributed by atoms with van der Waals surface area (Å²) in [5, 5.41) is 24.1. The Labute approximate surface area is 130 Å². The molecule has 1 aliphatic heterocycles. The SMILES string of the molecule is Cl.O=C(O)CN1CCNCCN(CC(=O)O)CCNCC1. The molecule has 0 aromatic heterocycles. The van der Waals surface area contributed by atoms with Gasteiger partial charge in [0.1, 0.15) is 0 Å². The lowest BCUT2D eigenvalue weighted by Gasteiger charge is -2.25. The first kappa shape index (κ1) is 20.1. The molecule has 8 nitrogen and oxygen atoms in total. The predicted octanol–water partition coefficient (Wildman–Crippen LogP) is -1.63. The highest BCUT2D eigenvalue weighted by molar-refractivity contribution is 5.85. The summed E-state index contributed by atoms with van der Waals surface area (Å²) in [6, 6.07) is 0. The van der Waals surface area contributed by atoms with Crippen LogP contribution in [-0.2, 0) is 9.59 Å². The van der Waals surface area contributed by atoms with Crippen LogP contribution < -0.4 is 10.6 Å². The molecule has 0 atom stereocenters. The van der Waals surface area contributed by atoms with Crippen molar-refractivity contribution in [3.63, 3.8) is 0 Å². The summed E-state index contributed by atoms with van der Waals surface area (Å²) in [5.74, 6) is -1.63. The Kier molecular flexibility index (Phi) is 11.2. The van der Waals surface area contributed by atoms with Crippen molar-refractivity contribution in [3.8, 4) is 0 Å². The Morgan fingerprint density at radius 1 is 0.762 bits per heavy atom. The molecule has 0 spiro atoms. The minimum atomic E-state index is -0.815. The Hall–Kier alpha value is -0.930. The largest absolute Gasteiger partial charge is 0.480 e. The molecule has 0 bridgehead atoms. The highest BCUT2D eigenvalue weighted by Crippen LogP contribution is 1.90. The Balaban J connectivity index is 0.00000400. The third-order valence-corrected chi connectivity index (χ3v) is 3.14. The number of carbonyl (C=O) groups is 2. The van der Waals surface area contributed by atoms with Crippen molar-refractivity contribution in [3.05, 3.63) is 0 Å². The monoisotopic (exact) mass is 324 g/mol. The number of hydrogen-bond acceptors (Lipinski definition) is 6. The Morgan fingerprint density at radius 2 is 1.05 bits per heavy atom. The third kappa shape index (κ3) is 10.4. The van der Waals surface area contributed by atoms with E-state index < -0.39 is 11.9 Å². The minimum Gasteiger partial charge on any atom is -0.480 e. The molecule has 1 aliphatic rings. The number of hydrogen-bond donors (Lipinski definition) is 4. The van der Waals surface area contributed by atoms with Crippen LogP contribution in [0.1, 0.15) is 0 Å². The van der Waals surface area contributed by atoms with E-state index in [9.17, 15) is 9.59 Å². The Bertz CT molecular complexity index is 278. The molecule has 1 rings (SSSR count). The molecular formula is C12H25ClN4O4. The van der Waals surface area contributed by atoms with Gasteiger partial charge in [0.25, 0.3) is 0 Å². The molecule has 0 saturated carbocycles. The topological polar surface area (TPSA) is 105 Å². The molecule has 1 heterocycles. The lowest BCUT2D eigenvalue weighted by molar-refractivity contribution is -0.139. The second-order valence-electron chi connectivity index (χ2n) is 4.84. The maximum Gasteiger partial charge on any atom is 0.317 e. The van der Waals surface area contributed by atoms with Crippen molar-refractivity contribution in [2.75, 3.05) is 65.4 Å². The van der Waals surface area contributed by atoms with Crippen molar-refractivity contribution in [2.24, 2.45) is 0 Å². The van der Waals surface area contributed by atoms with E-state index in [0.717, 1.165) is 0 Å². The quantitative estimate of drug-likeness (QED) is 0.489. The van der Waals surface area contributed by atoms with E-state index in [1.807, 2.05) is 9.80 Å². The summed E-state index contributed by atoms with van der Waals surface area (Å²) in [6.45, 7) is 5.60. The fourth-order valence-electron chi connectivity index (χ4n) is 2.12. The van der Waals surface area contributed by atoms with Crippen molar-refractivity contribution in [2.45, 2.75) is 0 Å². The van der Waals surface area contributed by atoms with E-state index in [0.29, 0.717) is 52.4 Å². The number of nitrogens with zero attached hydrogens (tertiary/aromatic N) is 2. The van der Waals surface area contributed by atoms with Gasteiger partial charge in [-0.15, -0.1) is 12.4 Å². The van der Waals surface area contributed by atoms with Crippen LogP contribution >= 0.6 is 12.4 Å². The van der Waals surface area contributed by atoms with Gasteiger partial charge in [-0.05, 0) is 0 Å². The summed E-state index contributed by atoms with van der Waals surface area (Å²) in [5.41, 5.74) is 0. The fraction of sp³-hybridized carbons (Fsp3) is 0.833. The molecule has 124 valence electrons. The number of halogens is 1. The van der Waals surface area contributed by atoms with E-state index in [1.165, 1.54) is 0 Å². The summed E-state index contributed by atoms with van der Waals surface area (Å²) < 4.78 is 0. The van der Waals surface area contributed by atoms with Crippen LogP contribution in [0.3, 0.4) is 0 Å². The molecule has 4 N–H and O–H groups in total. The zero-order chi connectivity index (χ0) is 14.8. The van der Waals surface area contributed by atoms with Crippen molar-refractivity contribution < 1.29 is 19.8 Å². The van der Waals surface area contributed by atoms with Crippen LogP contribution in [0.2, 0.25) is 0 Å². The first-order valence-electron chi connectivity index (χ1n) is 6.87. The smallest absolute Gasteiger partial charge is 0.317 e. The van der Waals surface area contributed by atoms with E-state index >= 15 is 0 Å². The van der Waals surface area contributed by atoms with Gasteiger partial charge in [0, 0.05) is 52.4 Å². The number of rotatable bonds is 4. The molecule has 21 heavy (non-hydrogen) atoms. The van der Waals surface area contributed by atoms with Gasteiger partial charge in [-0.1, -0.05) is 0 Å². The van der Waals surface area contributed by atoms with Crippen molar-refractivity contribution >= 4 is 24.3 Å². The predicted molar refractivity (Wildman–Crippen MR) is 81.1 cm³/mol. The Morgan fingerprint density at radius 3 is 1.29 bits per heavy atom. The maximum absolute atomic E-state index is 10.7. The van der Waals surface area contributed by atoms with E-state index in [4.69, 9.17) is 10.2 Å². The van der Waals surface area contributed by atoms with Crippen LogP contribution in [0.15, 0.2) is 0 Å². The molecule has 1 fully saturated rings. The number of nitrogens with one attached hydrogen (secondary N) is 2. The van der Waals surface area contributed by atoms with Gasteiger partial charge in [-0.2, -0.15) is 0 Å². The fourth-order valence-corrected chi connectivity index (χ4v) is 2.12. The highest BCUT2D eigenvalue weighted by Gasteiger charge is 2.12. The van der Waals surface area contributed by atoms with Crippen molar-refractivity contribution in [1.29, 1.82) is 0 Å². The summed E-state index contributed by atoms with van der Waals surface area (Å²) in [6.07, 6.45) is 0. The van der Waals surface area contributed by atoms with Crippen LogP contribution in [-0.4, -0.2) is 97.4 Å². The molecule has 0 aliphatic carbocycles. The average molecular weight is 325 g/mol. The van der Waals surface area contributed by atoms with Gasteiger partial charge in [0.15, 0.2) is 0 Å². The zero-order valence-electron chi connectivity index (χ0n) is 12.1. The van der Waals surface area contributed by atoms with Crippen LogP contribution in [0.4, 0.5) is 0 Å². The normalized spacial score (nSPS) is 19.8. The average Bonchev–Trinajstić information content (AvgIpc) is 2.33. The van der Waals surface area contributed by atoms with Crippen LogP contribution in [0.5, 0.6) is 0 Å². The second kappa shape index (κ2) is 11.7. The first-order chi connectivity index (χ1) is 9.58. The number of carboxylic acid groups (broad SMARTS) is 2. The molecule has 0 unspecified atom stereocenters. The zero-order valence-corrected chi connectivity index (χ0v) is 12.9. The number of aliphatic carboxylic acids is 2. The number of carboxylic acids is 2. The van der Waals surface area contributed by atoms with E-state index in [-0.39, 0.29) is 25.5 Å². The molecule has 0 aromatic carbocycles. The van der Waals surface area contributed by atoms with Gasteiger partial charge in [0.05, 0.1) is 13.1 Å². The van der Waals surface area contributed by atoms with Gasteiger partial charge in [0.2, 0.25) is 0 Å². The van der Waals surface area contributed by atoms with Crippen LogP contribution in [0.25, 0.3) is 0 Å². The van der Waals surface area contributed by atoms with Gasteiger partial charge < -0.3 is 20.8 Å². The molecule has 0 amide bonds. The van der Waals surface area contributed by atoms with E-state index in [2.05, 4.69) is 10.6 Å². The molecule has 1 saturated heterocycles. The molecular weight excluding hydrogens is 300 g/mol. The molecule has 0 aromatic rings. The summed E-state index contributed by atoms with van der Waals surface area (Å²) >= 11 is 0. The van der Waals surface area contributed by atoms with Gasteiger partial charge >= 0.3 is 11.9 Å². The van der Waals surface area contributed by atoms with E-state index in [1.54, 1.807) is 0 Å². The standard InChI is InChI=1S/C12H24N4O4.ClH/c17-11(18)9-15-5-1-13-2-6-16(10-12(19)20)8-4-14-3-7-15;/h13-14H,1-10H2,(H,17,18)(H,19,20);1H. The molecule has 0 radical (unpaired) electrons. The summed E-state index contributed by atoms with van der Waals surface area (Å²) in [7, 11) is 0. The van der Waals surface area contributed by atoms with Gasteiger partial charge in [-0.3, -0.25) is 19.4 Å². The summed E-state index contributed by atoms with van der Waals surface area (Å²) in [4.78, 5) is 25.3. The third-order valence-electron chi connectivity index (χ3n) is 3.14. The van der Waals surface area contributed by atoms with Gasteiger partial charge in [-0.25, -0.2) is 0 Å². The minimum absolute atomic E-state index is 0. The molecule has 9 heteroatoms. The highest BCUT2D eigenvalue weighted by atomic mass is 35.5. The second-order valence-corrected chi connectivity index (χ2v) is 4.84. The maximum atomic E-state index is 10.7. The lowest BCUT2D eigenvalue weighted by atomic mass is 10.3. The van der Waals surface area contributed by atoms with Crippen LogP contribution in [0, 0.1) is 0 Å².